The summed E-state index contributed by atoms with van der Waals surface area (Å²) in [6, 6.07) is 4.17. The van der Waals surface area contributed by atoms with Crippen LogP contribution in [-0.4, -0.2) is 86.9 Å². The van der Waals surface area contributed by atoms with Crippen LogP contribution in [0, 0.1) is 5.92 Å². The molecule has 1 amide bonds. The van der Waals surface area contributed by atoms with Crippen LogP contribution in [-0.2, 0) is 14.8 Å². The molecule has 1 aliphatic carbocycles. The van der Waals surface area contributed by atoms with Gasteiger partial charge in [-0.25, -0.2) is 31.9 Å². The second-order valence-corrected chi connectivity index (χ2v) is 13.9. The maximum absolute atomic E-state index is 13.5. The first kappa shape index (κ1) is 28.8. The number of hydrogen-bond acceptors (Lipinski definition) is 10. The first-order valence-corrected chi connectivity index (χ1v) is 15.8. The third kappa shape index (κ3) is 4.99. The van der Waals surface area contributed by atoms with Gasteiger partial charge < -0.3 is 14.9 Å². The molecule has 1 saturated carbocycles. The number of nitrogens with one attached hydrogen (secondary N) is 1. The molecule has 12 nitrogen and oxygen atoms in total. The number of nitrogens with zero attached hydrogens (tertiary/aromatic N) is 7. The highest BCUT2D eigenvalue weighted by Gasteiger charge is 2.41. The van der Waals surface area contributed by atoms with E-state index in [-0.39, 0.29) is 28.5 Å². The van der Waals surface area contributed by atoms with E-state index >= 15 is 0 Å². The van der Waals surface area contributed by atoms with Crippen molar-refractivity contribution in [3.8, 4) is 5.13 Å². The number of sulfonamides is 1. The van der Waals surface area contributed by atoms with Crippen molar-refractivity contribution in [1.29, 1.82) is 0 Å². The number of aromatic nitrogens is 5. The maximum atomic E-state index is 13.5. The zero-order valence-corrected chi connectivity index (χ0v) is 24.8. The lowest BCUT2D eigenvalue weighted by Gasteiger charge is -2.42. The number of fused-ring (bicyclic) bond motifs is 3. The highest BCUT2D eigenvalue weighted by Crippen LogP contribution is 2.40. The van der Waals surface area contributed by atoms with Crippen molar-refractivity contribution in [2.75, 3.05) is 31.1 Å². The molecule has 0 unspecified atom stereocenters. The SMILES string of the molecule is CC(C)C(=O)N1CCN(c2ncnc3c2c2ccc(S(=O)(=O)NC4(C)CC4)cc2n3-c2nnc(C(F)F)s2)C[C@@H]1CO. The Hall–Kier alpha value is -3.34. The number of aliphatic hydroxyl groups excluding tert-OH is 1. The molecule has 1 saturated heterocycles. The number of hydrogen-bond donors (Lipinski definition) is 2. The molecular formula is C26H30F2N8O4S2. The fraction of sp³-hybridized carbons (Fsp3) is 0.500. The normalized spacial score (nSPS) is 19.0. The molecule has 2 fully saturated rings. The Balaban J connectivity index is 1.51. The molecule has 4 heterocycles. The predicted octanol–water partition coefficient (Wildman–Crippen LogP) is 2.86. The molecule has 0 bridgehead atoms. The van der Waals surface area contributed by atoms with Crippen molar-refractivity contribution in [2.24, 2.45) is 5.92 Å². The van der Waals surface area contributed by atoms with E-state index < -0.39 is 33.0 Å². The van der Waals surface area contributed by atoms with Crippen LogP contribution in [0.4, 0.5) is 14.6 Å². The number of aliphatic hydroxyl groups is 1. The highest BCUT2D eigenvalue weighted by atomic mass is 32.2. The summed E-state index contributed by atoms with van der Waals surface area (Å²) in [5, 5.41) is 18.5. The lowest BCUT2D eigenvalue weighted by Crippen LogP contribution is -2.57. The maximum Gasteiger partial charge on any atom is 0.291 e. The summed E-state index contributed by atoms with van der Waals surface area (Å²) in [4.78, 5) is 25.4. The van der Waals surface area contributed by atoms with Crippen LogP contribution in [0.2, 0.25) is 0 Å². The highest BCUT2D eigenvalue weighted by molar-refractivity contribution is 7.89. The topological polar surface area (TPSA) is 146 Å². The summed E-state index contributed by atoms with van der Waals surface area (Å²) in [5.41, 5.74) is 0.233. The minimum Gasteiger partial charge on any atom is -0.394 e. The number of amides is 1. The number of carbonyl (C=O) groups excluding carboxylic acids is 1. The lowest BCUT2D eigenvalue weighted by molar-refractivity contribution is -0.138. The Bertz CT molecular complexity index is 1790. The first-order chi connectivity index (χ1) is 19.9. The molecule has 1 atom stereocenters. The first-order valence-electron chi connectivity index (χ1n) is 13.5. The molecule has 3 aromatic heterocycles. The molecule has 0 spiro atoms. The molecule has 4 aromatic rings. The zero-order chi connectivity index (χ0) is 30.0. The quantitative estimate of drug-likeness (QED) is 0.304. The van der Waals surface area contributed by atoms with Crippen LogP contribution >= 0.6 is 11.3 Å². The van der Waals surface area contributed by atoms with E-state index in [4.69, 9.17) is 0 Å². The Morgan fingerprint density at radius 2 is 1.98 bits per heavy atom. The average molecular weight is 621 g/mol. The number of piperazine rings is 1. The van der Waals surface area contributed by atoms with E-state index in [9.17, 15) is 27.1 Å². The molecule has 1 aliphatic heterocycles. The Morgan fingerprint density at radius 3 is 2.62 bits per heavy atom. The van der Waals surface area contributed by atoms with Gasteiger partial charge in [0, 0.05) is 36.5 Å². The van der Waals surface area contributed by atoms with Gasteiger partial charge in [0.25, 0.3) is 6.43 Å². The Kier molecular flexibility index (Phi) is 7.14. The van der Waals surface area contributed by atoms with E-state index in [0.29, 0.717) is 58.7 Å². The minimum atomic E-state index is -3.88. The third-order valence-corrected chi connectivity index (χ3v) is 10.3. The van der Waals surface area contributed by atoms with Gasteiger partial charge in [0.05, 0.1) is 28.4 Å². The monoisotopic (exact) mass is 620 g/mol. The summed E-state index contributed by atoms with van der Waals surface area (Å²) in [6.07, 6.45) is -0.0110. The number of alkyl halides is 2. The van der Waals surface area contributed by atoms with Gasteiger partial charge in [0.15, 0.2) is 10.7 Å². The van der Waals surface area contributed by atoms with Crippen LogP contribution in [0.5, 0.6) is 0 Å². The largest absolute Gasteiger partial charge is 0.394 e. The molecule has 0 radical (unpaired) electrons. The summed E-state index contributed by atoms with van der Waals surface area (Å²) in [5.74, 6) is 0.241. The number of benzene rings is 1. The molecule has 2 aliphatic rings. The second-order valence-electron chi connectivity index (χ2n) is 11.3. The smallest absolute Gasteiger partial charge is 0.291 e. The lowest BCUT2D eigenvalue weighted by atomic mass is 10.1. The van der Waals surface area contributed by atoms with E-state index in [0.717, 1.165) is 12.8 Å². The van der Waals surface area contributed by atoms with Gasteiger partial charge in [0.2, 0.25) is 21.1 Å². The third-order valence-electron chi connectivity index (χ3n) is 7.77. The zero-order valence-electron chi connectivity index (χ0n) is 23.2. The van der Waals surface area contributed by atoms with Crippen LogP contribution in [0.15, 0.2) is 29.4 Å². The van der Waals surface area contributed by atoms with Crippen LogP contribution < -0.4 is 9.62 Å². The van der Waals surface area contributed by atoms with Crippen LogP contribution in [0.3, 0.4) is 0 Å². The molecule has 42 heavy (non-hydrogen) atoms. The standard InChI is InChI=1S/C26H30F2N8O4S2/c1-14(2)24(38)35-9-8-34(11-15(35)12-37)21-19-17-5-4-16(42(39,40)33-26(3)6-7-26)10-18(17)36(22(19)30-13-29-21)25-32-31-23(41-25)20(27)28/h4-5,10,13-15,20,33,37H,6-9,11-12H2,1-3H3/t15-/m1/s1. The Morgan fingerprint density at radius 1 is 1.21 bits per heavy atom. The van der Waals surface area contributed by atoms with E-state index in [1.165, 1.54) is 23.0 Å². The second kappa shape index (κ2) is 10.4. The van der Waals surface area contributed by atoms with Gasteiger partial charge in [-0.15, -0.1) is 10.2 Å². The molecule has 224 valence electrons. The summed E-state index contributed by atoms with van der Waals surface area (Å²) in [7, 11) is -3.88. The van der Waals surface area contributed by atoms with Crippen molar-refractivity contribution in [3.05, 3.63) is 29.5 Å². The van der Waals surface area contributed by atoms with Crippen molar-refractivity contribution < 1.29 is 27.1 Å². The van der Waals surface area contributed by atoms with Crippen molar-refractivity contribution in [1.82, 2.24) is 34.4 Å². The number of rotatable bonds is 8. The van der Waals surface area contributed by atoms with Gasteiger partial charge in [-0.3, -0.25) is 9.36 Å². The number of halogens is 2. The Labute approximate surface area is 244 Å². The minimum absolute atomic E-state index is 0.0152. The average Bonchev–Trinajstić information content (AvgIpc) is 3.34. The molecule has 6 rings (SSSR count). The van der Waals surface area contributed by atoms with E-state index in [1.807, 2.05) is 25.7 Å². The molecule has 1 aromatic carbocycles. The predicted molar refractivity (Wildman–Crippen MR) is 152 cm³/mol. The van der Waals surface area contributed by atoms with Gasteiger partial charge in [-0.1, -0.05) is 31.3 Å². The van der Waals surface area contributed by atoms with Gasteiger partial charge in [0.1, 0.15) is 12.1 Å². The van der Waals surface area contributed by atoms with Crippen LogP contribution in [0.25, 0.3) is 27.1 Å². The van der Waals surface area contributed by atoms with E-state index in [2.05, 4.69) is 24.9 Å². The summed E-state index contributed by atoms with van der Waals surface area (Å²) < 4.78 is 57.8. The number of anilines is 1. The molecule has 2 N–H and O–H groups in total. The number of carbonyl (C=O) groups is 1. The van der Waals surface area contributed by atoms with Crippen molar-refractivity contribution >= 4 is 55.0 Å². The van der Waals surface area contributed by atoms with Gasteiger partial charge >= 0.3 is 0 Å². The molecule has 16 heteroatoms. The fourth-order valence-corrected chi connectivity index (χ4v) is 7.50. The van der Waals surface area contributed by atoms with E-state index in [1.54, 1.807) is 11.0 Å². The summed E-state index contributed by atoms with van der Waals surface area (Å²) in [6.45, 7) is 6.32. The van der Waals surface area contributed by atoms with Crippen molar-refractivity contribution in [3.63, 3.8) is 0 Å². The van der Waals surface area contributed by atoms with Crippen LogP contribution in [0.1, 0.15) is 45.0 Å². The van der Waals surface area contributed by atoms with Crippen molar-refractivity contribution in [2.45, 2.75) is 56.5 Å². The summed E-state index contributed by atoms with van der Waals surface area (Å²) >= 11 is 0.688. The molecular weight excluding hydrogens is 590 g/mol. The van der Waals surface area contributed by atoms with Gasteiger partial charge in [-0.2, -0.15) is 0 Å². The fourth-order valence-electron chi connectivity index (χ4n) is 5.30. The van der Waals surface area contributed by atoms with Gasteiger partial charge in [-0.05, 0) is 31.9 Å².